The largest absolute Gasteiger partial charge is 0.493 e. The molecule has 1 unspecified atom stereocenters. The van der Waals surface area contributed by atoms with Crippen molar-refractivity contribution in [1.29, 1.82) is 0 Å². The molecule has 0 radical (unpaired) electrons. The molecule has 8 heteroatoms. The van der Waals surface area contributed by atoms with Gasteiger partial charge >= 0.3 is 12.0 Å². The lowest BCUT2D eigenvalue weighted by molar-refractivity contribution is -0.127. The first-order valence-corrected chi connectivity index (χ1v) is 7.53. The zero-order valence-corrected chi connectivity index (χ0v) is 14.2. The second-order valence-corrected chi connectivity index (χ2v) is 4.69. The van der Waals surface area contributed by atoms with E-state index in [1.165, 1.54) is 26.2 Å². The van der Waals surface area contributed by atoms with E-state index in [-0.39, 0.29) is 5.56 Å². The standard InChI is InChI=1S/C16H22N2O6/c1-5-17-16(21)18-14(19)10(3)24-15(20)11-7-8-12(23-6-2)13(9-11)22-4/h7-10H,5-6H2,1-4H3,(H2,17,18,19,21). The van der Waals surface area contributed by atoms with Crippen LogP contribution >= 0.6 is 0 Å². The molecule has 8 nitrogen and oxygen atoms in total. The molecule has 0 saturated carbocycles. The molecular formula is C16H22N2O6. The number of carbonyl (C=O) groups excluding carboxylic acids is 3. The van der Waals surface area contributed by atoms with Gasteiger partial charge in [0.1, 0.15) is 0 Å². The van der Waals surface area contributed by atoms with E-state index < -0.39 is 24.0 Å². The zero-order valence-electron chi connectivity index (χ0n) is 14.2. The summed E-state index contributed by atoms with van der Waals surface area (Å²) < 4.78 is 15.6. The number of nitrogens with one attached hydrogen (secondary N) is 2. The predicted molar refractivity (Wildman–Crippen MR) is 86.3 cm³/mol. The summed E-state index contributed by atoms with van der Waals surface area (Å²) in [7, 11) is 1.45. The highest BCUT2D eigenvalue weighted by Gasteiger charge is 2.21. The second-order valence-electron chi connectivity index (χ2n) is 4.69. The van der Waals surface area contributed by atoms with Gasteiger partial charge in [-0.1, -0.05) is 0 Å². The van der Waals surface area contributed by atoms with Crippen LogP contribution < -0.4 is 20.1 Å². The van der Waals surface area contributed by atoms with Crippen molar-refractivity contribution in [3.05, 3.63) is 23.8 Å². The highest BCUT2D eigenvalue weighted by molar-refractivity contribution is 5.98. The Bertz CT molecular complexity index is 602. The van der Waals surface area contributed by atoms with Crippen LogP contribution in [0.4, 0.5) is 4.79 Å². The van der Waals surface area contributed by atoms with Crippen LogP contribution in [0.25, 0.3) is 0 Å². The van der Waals surface area contributed by atoms with Gasteiger partial charge in [-0.2, -0.15) is 0 Å². The predicted octanol–water partition coefficient (Wildman–Crippen LogP) is 1.48. The molecule has 0 fully saturated rings. The number of esters is 1. The molecule has 1 rings (SSSR count). The number of rotatable bonds is 7. The van der Waals surface area contributed by atoms with Crippen molar-refractivity contribution in [1.82, 2.24) is 10.6 Å². The number of methoxy groups -OCH3 is 1. The number of ether oxygens (including phenoxy) is 3. The van der Waals surface area contributed by atoms with E-state index in [4.69, 9.17) is 14.2 Å². The monoisotopic (exact) mass is 338 g/mol. The van der Waals surface area contributed by atoms with Gasteiger partial charge in [-0.15, -0.1) is 0 Å². The maximum Gasteiger partial charge on any atom is 0.339 e. The van der Waals surface area contributed by atoms with Crippen LogP contribution in [0.5, 0.6) is 11.5 Å². The van der Waals surface area contributed by atoms with Gasteiger partial charge in [0.05, 0.1) is 19.3 Å². The van der Waals surface area contributed by atoms with E-state index in [1.54, 1.807) is 13.0 Å². The van der Waals surface area contributed by atoms with Crippen molar-refractivity contribution in [2.45, 2.75) is 26.9 Å². The normalized spacial score (nSPS) is 11.2. The molecule has 1 aromatic rings. The van der Waals surface area contributed by atoms with Gasteiger partial charge < -0.3 is 19.5 Å². The van der Waals surface area contributed by atoms with E-state index in [1.807, 2.05) is 6.92 Å². The maximum atomic E-state index is 12.1. The SMILES string of the molecule is CCNC(=O)NC(=O)C(C)OC(=O)c1ccc(OCC)c(OC)c1. The lowest BCUT2D eigenvalue weighted by atomic mass is 10.2. The first-order chi connectivity index (χ1) is 11.4. The Balaban J connectivity index is 2.73. The third-order valence-electron chi connectivity index (χ3n) is 2.93. The highest BCUT2D eigenvalue weighted by atomic mass is 16.5. The zero-order chi connectivity index (χ0) is 18.1. The number of amides is 3. The molecule has 0 heterocycles. The fraction of sp³-hybridized carbons (Fsp3) is 0.438. The molecule has 0 aliphatic rings. The molecule has 0 aliphatic heterocycles. The minimum absolute atomic E-state index is 0.202. The summed E-state index contributed by atoms with van der Waals surface area (Å²) in [6.07, 6.45) is -1.13. The molecule has 0 aliphatic carbocycles. The van der Waals surface area contributed by atoms with Gasteiger partial charge in [0.25, 0.3) is 5.91 Å². The summed E-state index contributed by atoms with van der Waals surface area (Å²) in [5.41, 5.74) is 0.202. The van der Waals surface area contributed by atoms with Crippen LogP contribution in [0.3, 0.4) is 0 Å². The molecule has 0 aromatic heterocycles. The van der Waals surface area contributed by atoms with Crippen LogP contribution in [-0.2, 0) is 9.53 Å². The van der Waals surface area contributed by atoms with E-state index in [0.717, 1.165) is 0 Å². The minimum Gasteiger partial charge on any atom is -0.493 e. The topological polar surface area (TPSA) is 103 Å². The number of hydrogen-bond donors (Lipinski definition) is 2. The molecule has 2 N–H and O–H groups in total. The number of hydrogen-bond acceptors (Lipinski definition) is 6. The summed E-state index contributed by atoms with van der Waals surface area (Å²) in [6.45, 7) is 5.75. The van der Waals surface area contributed by atoms with Crippen LogP contribution in [0.2, 0.25) is 0 Å². The average Bonchev–Trinajstić information content (AvgIpc) is 2.55. The van der Waals surface area contributed by atoms with Crippen LogP contribution in [0.15, 0.2) is 18.2 Å². The Labute approximate surface area is 140 Å². The molecule has 3 amide bonds. The Morgan fingerprint density at radius 1 is 1.17 bits per heavy atom. The van der Waals surface area contributed by atoms with Crippen molar-refractivity contribution in [3.8, 4) is 11.5 Å². The Hall–Kier alpha value is -2.77. The fourth-order valence-corrected chi connectivity index (χ4v) is 1.77. The Kier molecular flexibility index (Phi) is 7.54. The van der Waals surface area contributed by atoms with E-state index in [9.17, 15) is 14.4 Å². The summed E-state index contributed by atoms with van der Waals surface area (Å²) in [5.74, 6) is -0.550. The average molecular weight is 338 g/mol. The molecular weight excluding hydrogens is 316 g/mol. The summed E-state index contributed by atoms with van der Waals surface area (Å²) in [5, 5.41) is 4.48. The molecule has 132 valence electrons. The summed E-state index contributed by atoms with van der Waals surface area (Å²) >= 11 is 0. The fourth-order valence-electron chi connectivity index (χ4n) is 1.77. The lowest BCUT2D eigenvalue weighted by Gasteiger charge is -2.14. The van der Waals surface area contributed by atoms with Gasteiger partial charge in [0.15, 0.2) is 17.6 Å². The van der Waals surface area contributed by atoms with Crippen molar-refractivity contribution in [2.24, 2.45) is 0 Å². The second kappa shape index (κ2) is 9.39. The molecule has 24 heavy (non-hydrogen) atoms. The quantitative estimate of drug-likeness (QED) is 0.730. The smallest absolute Gasteiger partial charge is 0.339 e. The van der Waals surface area contributed by atoms with Gasteiger partial charge in [0.2, 0.25) is 0 Å². The number of imide groups is 1. The van der Waals surface area contributed by atoms with Crippen molar-refractivity contribution in [2.75, 3.05) is 20.3 Å². The van der Waals surface area contributed by atoms with Crippen molar-refractivity contribution >= 4 is 17.9 Å². The first-order valence-electron chi connectivity index (χ1n) is 7.53. The molecule has 1 atom stereocenters. The highest BCUT2D eigenvalue weighted by Crippen LogP contribution is 2.28. The van der Waals surface area contributed by atoms with Gasteiger partial charge in [-0.05, 0) is 39.0 Å². The van der Waals surface area contributed by atoms with Crippen molar-refractivity contribution < 1.29 is 28.6 Å². The molecule has 0 bridgehead atoms. The van der Waals surface area contributed by atoms with Gasteiger partial charge in [-0.25, -0.2) is 9.59 Å². The van der Waals surface area contributed by atoms with E-state index >= 15 is 0 Å². The van der Waals surface area contributed by atoms with Crippen LogP contribution in [0.1, 0.15) is 31.1 Å². The first kappa shape index (κ1) is 19.3. The van der Waals surface area contributed by atoms with E-state index in [0.29, 0.717) is 24.7 Å². The molecule has 0 spiro atoms. The number of urea groups is 1. The molecule has 0 saturated heterocycles. The number of benzene rings is 1. The van der Waals surface area contributed by atoms with Crippen LogP contribution in [0, 0.1) is 0 Å². The molecule has 1 aromatic carbocycles. The third-order valence-corrected chi connectivity index (χ3v) is 2.93. The minimum atomic E-state index is -1.13. The van der Waals surface area contributed by atoms with Gasteiger partial charge in [-0.3, -0.25) is 10.1 Å². The maximum absolute atomic E-state index is 12.1. The van der Waals surface area contributed by atoms with E-state index in [2.05, 4.69) is 10.6 Å². The van der Waals surface area contributed by atoms with Gasteiger partial charge in [0, 0.05) is 6.54 Å². The number of carbonyl (C=O) groups is 3. The Morgan fingerprint density at radius 3 is 2.46 bits per heavy atom. The summed E-state index contributed by atoms with van der Waals surface area (Å²) in [6, 6.07) is 3.90. The van der Waals surface area contributed by atoms with Crippen molar-refractivity contribution in [3.63, 3.8) is 0 Å². The lowest BCUT2D eigenvalue weighted by Crippen LogP contribution is -2.44. The summed E-state index contributed by atoms with van der Waals surface area (Å²) in [4.78, 5) is 35.2. The third kappa shape index (κ3) is 5.45. The Morgan fingerprint density at radius 2 is 1.88 bits per heavy atom. The van der Waals surface area contributed by atoms with Crippen LogP contribution in [-0.4, -0.2) is 44.3 Å².